The van der Waals surface area contributed by atoms with Gasteiger partial charge in [-0.15, -0.1) is 0 Å². The molecule has 98 valence electrons. The van der Waals surface area contributed by atoms with E-state index in [1.807, 2.05) is 13.8 Å². The molecule has 0 bridgehead atoms. The number of carbonyl (C=O) groups excluding carboxylic acids is 2. The molecule has 1 N–H and O–H groups in total. The molecule has 18 heavy (non-hydrogen) atoms. The number of hydrogen-bond acceptors (Lipinski definition) is 3. The lowest BCUT2D eigenvalue weighted by molar-refractivity contribution is -0.127. The van der Waals surface area contributed by atoms with Crippen molar-refractivity contribution in [1.82, 2.24) is 5.32 Å². The van der Waals surface area contributed by atoms with Gasteiger partial charge in [-0.05, 0) is 39.8 Å². The first-order valence-corrected chi connectivity index (χ1v) is 5.98. The van der Waals surface area contributed by atoms with Gasteiger partial charge in [0.2, 0.25) is 0 Å². The van der Waals surface area contributed by atoms with Gasteiger partial charge in [0.1, 0.15) is 5.75 Å². The van der Waals surface area contributed by atoms with Gasteiger partial charge in [0, 0.05) is 11.6 Å². The maximum Gasteiger partial charge on any atom is 0.260 e. The van der Waals surface area contributed by atoms with Gasteiger partial charge in [-0.25, -0.2) is 0 Å². The zero-order valence-corrected chi connectivity index (χ0v) is 11.2. The van der Waals surface area contributed by atoms with E-state index in [4.69, 9.17) is 4.74 Å². The van der Waals surface area contributed by atoms with Crippen molar-refractivity contribution >= 4 is 11.7 Å². The average Bonchev–Trinajstić information content (AvgIpc) is 2.28. The largest absolute Gasteiger partial charge is 0.481 e. The first-order valence-electron chi connectivity index (χ1n) is 5.98. The van der Waals surface area contributed by atoms with Gasteiger partial charge in [0.25, 0.3) is 5.91 Å². The quantitative estimate of drug-likeness (QED) is 0.814. The van der Waals surface area contributed by atoms with Crippen molar-refractivity contribution in [2.45, 2.75) is 39.8 Å². The second-order valence-electron chi connectivity index (χ2n) is 4.51. The first-order chi connectivity index (χ1) is 8.40. The van der Waals surface area contributed by atoms with Crippen molar-refractivity contribution in [3.05, 3.63) is 29.8 Å². The number of carbonyl (C=O) groups is 2. The van der Waals surface area contributed by atoms with Gasteiger partial charge in [-0.2, -0.15) is 0 Å². The summed E-state index contributed by atoms with van der Waals surface area (Å²) < 4.78 is 5.50. The Morgan fingerprint density at radius 2 is 1.89 bits per heavy atom. The van der Waals surface area contributed by atoms with E-state index in [2.05, 4.69) is 5.32 Å². The topological polar surface area (TPSA) is 55.4 Å². The van der Waals surface area contributed by atoms with Crippen LogP contribution >= 0.6 is 0 Å². The van der Waals surface area contributed by atoms with E-state index in [9.17, 15) is 9.59 Å². The van der Waals surface area contributed by atoms with Crippen LogP contribution in [-0.4, -0.2) is 23.8 Å². The molecule has 4 nitrogen and oxygen atoms in total. The van der Waals surface area contributed by atoms with Crippen LogP contribution < -0.4 is 10.1 Å². The third-order valence-corrected chi connectivity index (χ3v) is 2.35. The number of amides is 1. The second kappa shape index (κ2) is 6.19. The fraction of sp³-hybridized carbons (Fsp3) is 0.429. The highest BCUT2D eigenvalue weighted by molar-refractivity contribution is 5.94. The molecule has 0 saturated heterocycles. The summed E-state index contributed by atoms with van der Waals surface area (Å²) in [7, 11) is 0. The summed E-state index contributed by atoms with van der Waals surface area (Å²) in [5.74, 6) is 0.326. The zero-order chi connectivity index (χ0) is 13.7. The van der Waals surface area contributed by atoms with Crippen LogP contribution in [0.2, 0.25) is 0 Å². The van der Waals surface area contributed by atoms with Crippen molar-refractivity contribution in [2.75, 3.05) is 0 Å². The number of nitrogens with one attached hydrogen (secondary N) is 1. The number of rotatable bonds is 5. The molecule has 0 heterocycles. The van der Waals surface area contributed by atoms with Crippen LogP contribution in [0.3, 0.4) is 0 Å². The Morgan fingerprint density at radius 3 is 2.44 bits per heavy atom. The second-order valence-corrected chi connectivity index (χ2v) is 4.51. The van der Waals surface area contributed by atoms with E-state index < -0.39 is 6.10 Å². The Hall–Kier alpha value is -1.84. The van der Waals surface area contributed by atoms with Gasteiger partial charge < -0.3 is 10.1 Å². The smallest absolute Gasteiger partial charge is 0.260 e. The van der Waals surface area contributed by atoms with Crippen LogP contribution in [0.25, 0.3) is 0 Å². The van der Waals surface area contributed by atoms with Crippen molar-refractivity contribution in [3.63, 3.8) is 0 Å². The van der Waals surface area contributed by atoms with Crippen molar-refractivity contribution in [3.8, 4) is 5.75 Å². The molecule has 1 aromatic carbocycles. The predicted molar refractivity (Wildman–Crippen MR) is 69.8 cm³/mol. The summed E-state index contributed by atoms with van der Waals surface area (Å²) in [5, 5.41) is 2.77. The lowest BCUT2D eigenvalue weighted by Gasteiger charge is -2.16. The Labute approximate surface area is 107 Å². The van der Waals surface area contributed by atoms with Crippen molar-refractivity contribution in [2.24, 2.45) is 0 Å². The summed E-state index contributed by atoms with van der Waals surface area (Å²) in [6.07, 6.45) is -0.588. The van der Waals surface area contributed by atoms with E-state index >= 15 is 0 Å². The zero-order valence-electron chi connectivity index (χ0n) is 11.2. The van der Waals surface area contributed by atoms with Gasteiger partial charge in [0.05, 0.1) is 0 Å². The van der Waals surface area contributed by atoms with Gasteiger partial charge in [-0.3, -0.25) is 9.59 Å². The van der Waals surface area contributed by atoms with Crippen LogP contribution in [0.5, 0.6) is 5.75 Å². The Balaban J connectivity index is 2.69. The number of Topliss-reactive ketones (excluding diaryl/α,β-unsaturated/α-hetero) is 1. The number of benzene rings is 1. The first kappa shape index (κ1) is 14.2. The average molecular weight is 249 g/mol. The summed E-state index contributed by atoms with van der Waals surface area (Å²) in [6, 6.07) is 6.90. The standard InChI is InChI=1S/C14H19NO3/c1-9(2)15-14(17)11(4)18-13-7-5-6-12(8-13)10(3)16/h5-9,11H,1-4H3,(H,15,17). The van der Waals surface area contributed by atoms with Crippen molar-refractivity contribution < 1.29 is 14.3 Å². The Bertz CT molecular complexity index is 440. The van der Waals surface area contributed by atoms with Gasteiger partial charge >= 0.3 is 0 Å². The fourth-order valence-electron chi connectivity index (χ4n) is 1.45. The highest BCUT2D eigenvalue weighted by Crippen LogP contribution is 2.15. The van der Waals surface area contributed by atoms with E-state index in [0.717, 1.165) is 0 Å². The SMILES string of the molecule is CC(=O)c1cccc(OC(C)C(=O)NC(C)C)c1. The third-order valence-electron chi connectivity index (χ3n) is 2.35. The molecule has 0 spiro atoms. The minimum atomic E-state index is -0.588. The van der Waals surface area contributed by atoms with Crippen LogP contribution in [0.4, 0.5) is 0 Å². The predicted octanol–water partition coefficient (Wildman–Crippen LogP) is 2.18. The molecule has 0 aliphatic heterocycles. The monoisotopic (exact) mass is 249 g/mol. The maximum absolute atomic E-state index is 11.7. The minimum absolute atomic E-state index is 0.0280. The molecule has 1 rings (SSSR count). The molecular formula is C14H19NO3. The van der Waals surface area contributed by atoms with Gasteiger partial charge in [-0.1, -0.05) is 12.1 Å². The van der Waals surface area contributed by atoms with Crippen LogP contribution in [0, 0.1) is 0 Å². The van der Waals surface area contributed by atoms with Crippen LogP contribution in [0.15, 0.2) is 24.3 Å². The van der Waals surface area contributed by atoms with E-state index in [1.165, 1.54) is 6.92 Å². The van der Waals surface area contributed by atoms with Crippen LogP contribution in [0.1, 0.15) is 38.1 Å². The molecule has 0 saturated carbocycles. The summed E-state index contributed by atoms with van der Waals surface area (Å²) in [6.45, 7) is 6.95. The number of hydrogen-bond donors (Lipinski definition) is 1. The fourth-order valence-corrected chi connectivity index (χ4v) is 1.45. The molecule has 0 aliphatic carbocycles. The van der Waals surface area contributed by atoms with Crippen LogP contribution in [-0.2, 0) is 4.79 Å². The Kier molecular flexibility index (Phi) is 4.89. The highest BCUT2D eigenvalue weighted by Gasteiger charge is 2.15. The van der Waals surface area contributed by atoms with Gasteiger partial charge in [0.15, 0.2) is 11.9 Å². The molecule has 0 aromatic heterocycles. The lowest BCUT2D eigenvalue weighted by atomic mass is 10.1. The van der Waals surface area contributed by atoms with E-state index in [1.54, 1.807) is 31.2 Å². The summed E-state index contributed by atoms with van der Waals surface area (Å²) in [5.41, 5.74) is 0.573. The summed E-state index contributed by atoms with van der Waals surface area (Å²) in [4.78, 5) is 22.9. The summed E-state index contributed by atoms with van der Waals surface area (Å²) >= 11 is 0. The van der Waals surface area contributed by atoms with Crippen molar-refractivity contribution in [1.29, 1.82) is 0 Å². The Morgan fingerprint density at radius 1 is 1.22 bits per heavy atom. The number of ether oxygens (including phenoxy) is 1. The van der Waals surface area contributed by atoms with E-state index in [-0.39, 0.29) is 17.7 Å². The minimum Gasteiger partial charge on any atom is -0.481 e. The third kappa shape index (κ3) is 4.20. The highest BCUT2D eigenvalue weighted by atomic mass is 16.5. The molecular weight excluding hydrogens is 230 g/mol. The van der Waals surface area contributed by atoms with E-state index in [0.29, 0.717) is 11.3 Å². The lowest BCUT2D eigenvalue weighted by Crippen LogP contribution is -2.40. The molecule has 0 aliphatic rings. The molecule has 4 heteroatoms. The molecule has 1 amide bonds. The molecule has 0 radical (unpaired) electrons. The maximum atomic E-state index is 11.7. The molecule has 0 fully saturated rings. The number of ketones is 1. The normalized spacial score (nSPS) is 12.1. The molecule has 1 atom stereocenters. The molecule has 1 unspecified atom stereocenters. The molecule has 1 aromatic rings.